The molecule has 244 valence electrons. The molecule has 0 aliphatic carbocycles. The maximum Gasteiger partial charge on any atom is 0.143 e. The number of rotatable bonds is 6. The highest BCUT2D eigenvalue weighted by Crippen LogP contribution is 2.47. The molecule has 0 atom stereocenters. The van der Waals surface area contributed by atoms with E-state index in [1.54, 1.807) is 12.1 Å². The van der Waals surface area contributed by atoms with Crippen molar-refractivity contribution in [1.29, 1.82) is 0 Å². The van der Waals surface area contributed by atoms with E-state index < -0.39 is 53.2 Å². The normalized spacial score (nSPS) is 12.8. The Kier molecular flexibility index (Phi) is 6.16. The van der Waals surface area contributed by atoms with Gasteiger partial charge in [0.2, 0.25) is 0 Å². The zero-order chi connectivity index (χ0) is 38.8. The van der Waals surface area contributed by atoms with Crippen molar-refractivity contribution in [3.8, 4) is 33.6 Å². The quantitative estimate of drug-likeness (QED) is 0.164. The van der Waals surface area contributed by atoms with E-state index in [2.05, 4.69) is 24.3 Å². The summed E-state index contributed by atoms with van der Waals surface area (Å²) in [5, 5.41) is 5.15. The number of hydrogen-bond donors (Lipinski definition) is 0. The topological polar surface area (TPSA) is 16.4 Å². The molecule has 0 fully saturated rings. The summed E-state index contributed by atoms with van der Waals surface area (Å²) in [5.41, 5.74) is 3.71. The van der Waals surface area contributed by atoms with Crippen LogP contribution in [0.3, 0.4) is 0 Å². The summed E-state index contributed by atoms with van der Waals surface area (Å²) < 4.78 is 92.8. The van der Waals surface area contributed by atoms with E-state index in [-0.39, 0.29) is 11.3 Å². The molecular weight excluding hydrogens is 640 g/mol. The zero-order valence-corrected chi connectivity index (χ0v) is 26.8. The fraction of sp³-hybridized carbons (Fsp3) is 0. The van der Waals surface area contributed by atoms with Crippen LogP contribution in [0.15, 0.2) is 174 Å². The molecule has 0 unspecified atom stereocenters. The summed E-state index contributed by atoms with van der Waals surface area (Å²) in [5.74, 6) is -2.57. The fourth-order valence-corrected chi connectivity index (χ4v) is 6.93. The Morgan fingerprint density at radius 2 is 0.980 bits per heavy atom. The zero-order valence-electron chi connectivity index (χ0n) is 31.8. The second kappa shape index (κ2) is 12.4. The van der Waals surface area contributed by atoms with Crippen molar-refractivity contribution in [3.63, 3.8) is 0 Å². The second-order valence-corrected chi connectivity index (χ2v) is 12.1. The van der Waals surface area contributed by atoms with Crippen LogP contribution in [0.4, 0.5) is 30.2 Å². The summed E-state index contributed by atoms with van der Waals surface area (Å²) >= 11 is 0. The first kappa shape index (κ1) is 25.4. The monoisotopic (exact) mass is 672 g/mol. The molecule has 0 radical (unpaired) electrons. The molecule has 8 aromatic carbocycles. The van der Waals surface area contributed by atoms with Crippen LogP contribution >= 0.6 is 0 Å². The van der Waals surface area contributed by atoms with Gasteiger partial charge in [-0.2, -0.15) is 0 Å². The van der Waals surface area contributed by atoms with Crippen molar-refractivity contribution in [2.45, 2.75) is 0 Å². The van der Waals surface area contributed by atoms with Crippen molar-refractivity contribution in [2.24, 2.45) is 0 Å². The second-order valence-electron chi connectivity index (χ2n) is 12.1. The first-order chi connectivity index (χ1) is 27.1. The van der Waals surface area contributed by atoms with Crippen LogP contribution in [0.2, 0.25) is 0 Å². The Hall–Kier alpha value is -6.59. The molecule has 0 saturated heterocycles. The molecule has 0 N–H and O–H groups in total. The summed E-state index contributed by atoms with van der Waals surface area (Å²) in [6.07, 6.45) is 0. The molecule has 5 heteroatoms. The van der Waals surface area contributed by atoms with Crippen molar-refractivity contribution in [2.75, 3.05) is 4.90 Å². The van der Waals surface area contributed by atoms with Gasteiger partial charge in [0.15, 0.2) is 0 Å². The van der Waals surface area contributed by atoms with E-state index in [1.165, 1.54) is 29.2 Å². The predicted molar refractivity (Wildman–Crippen MR) is 202 cm³/mol. The molecule has 9 rings (SSSR count). The molecule has 51 heavy (non-hydrogen) atoms. The number of para-hydroxylation sites is 1. The van der Waals surface area contributed by atoms with Crippen LogP contribution in [-0.4, -0.2) is 0 Å². The maximum atomic E-state index is 14.7. The van der Waals surface area contributed by atoms with Gasteiger partial charge >= 0.3 is 0 Å². The van der Waals surface area contributed by atoms with Crippen LogP contribution in [-0.2, 0) is 0 Å². The van der Waals surface area contributed by atoms with Gasteiger partial charge in [-0.15, -0.1) is 0 Å². The third-order valence-corrected chi connectivity index (χ3v) is 9.15. The van der Waals surface area contributed by atoms with Crippen LogP contribution in [0.25, 0.3) is 66.1 Å². The van der Waals surface area contributed by atoms with E-state index in [0.717, 1.165) is 49.2 Å². The predicted octanol–water partition coefficient (Wildman–Crippen LogP) is 13.6. The van der Waals surface area contributed by atoms with E-state index in [1.807, 2.05) is 66.7 Å². The van der Waals surface area contributed by atoms with E-state index >= 15 is 0 Å². The number of halogens is 3. The summed E-state index contributed by atoms with van der Waals surface area (Å²) in [6.45, 7) is 0. The third kappa shape index (κ3) is 5.22. The Labute approximate surface area is 299 Å². The van der Waals surface area contributed by atoms with Gasteiger partial charge in [0.1, 0.15) is 28.8 Å². The van der Waals surface area contributed by atoms with Gasteiger partial charge < -0.3 is 9.32 Å². The smallest absolute Gasteiger partial charge is 0.143 e. The number of fused-ring (bicyclic) bond motifs is 6. The third-order valence-electron chi connectivity index (χ3n) is 9.15. The lowest BCUT2D eigenvalue weighted by Gasteiger charge is -2.26. The molecule has 1 aromatic heterocycles. The van der Waals surface area contributed by atoms with E-state index in [4.69, 9.17) is 11.3 Å². The first-order valence-electron chi connectivity index (χ1n) is 18.8. The lowest BCUT2D eigenvalue weighted by atomic mass is 9.92. The van der Waals surface area contributed by atoms with Crippen LogP contribution in [0.5, 0.6) is 0 Å². The highest BCUT2D eigenvalue weighted by Gasteiger charge is 2.23. The van der Waals surface area contributed by atoms with Crippen molar-refractivity contribution in [3.05, 3.63) is 187 Å². The van der Waals surface area contributed by atoms with Gasteiger partial charge in [0, 0.05) is 51.1 Å². The number of furan rings is 1. The van der Waals surface area contributed by atoms with E-state index in [9.17, 15) is 13.2 Å². The summed E-state index contributed by atoms with van der Waals surface area (Å²) in [7, 11) is 0. The number of hydrogen-bond acceptors (Lipinski definition) is 2. The van der Waals surface area contributed by atoms with Gasteiger partial charge in [-0.25, -0.2) is 13.2 Å². The van der Waals surface area contributed by atoms with Crippen LogP contribution in [0, 0.1) is 17.5 Å². The molecular formula is C46H28F3NO. The molecule has 0 aliphatic rings. The minimum atomic E-state index is -1.07. The van der Waals surface area contributed by atoms with Gasteiger partial charge in [-0.1, -0.05) is 109 Å². The van der Waals surface area contributed by atoms with Crippen molar-refractivity contribution in [1.82, 2.24) is 0 Å². The van der Waals surface area contributed by atoms with Crippen molar-refractivity contribution < 1.29 is 24.4 Å². The van der Waals surface area contributed by atoms with Crippen LogP contribution in [0.1, 0.15) is 6.85 Å². The summed E-state index contributed by atoms with van der Waals surface area (Å²) in [4.78, 5) is 1.50. The van der Waals surface area contributed by atoms with Crippen LogP contribution < -0.4 is 4.90 Å². The minimum absolute atomic E-state index is 0.123. The standard InChI is InChI=1S/C46H28F3NO/c47-32-27-40(48)42(41(49)28-32)30-19-23-34(24-20-30)50(33-13-5-2-6-14-33)35-25-21-31(22-26-35)45-43(29-11-3-1-4-12-29)44-38-17-9-7-15-36(38)37-16-8-10-18-39(37)46(44)51-45/h1-28H/i2D,5D,6D,13D,14D. The average molecular weight is 673 g/mol. The molecule has 0 bridgehead atoms. The molecule has 0 amide bonds. The number of nitrogens with zero attached hydrogens (tertiary/aromatic N) is 1. The molecule has 9 aromatic rings. The lowest BCUT2D eigenvalue weighted by Crippen LogP contribution is -2.09. The van der Waals surface area contributed by atoms with E-state index in [0.29, 0.717) is 29.3 Å². The van der Waals surface area contributed by atoms with Gasteiger partial charge in [0.05, 0.1) is 12.4 Å². The molecule has 1 heterocycles. The van der Waals surface area contributed by atoms with Gasteiger partial charge in [-0.05, 0) is 75.8 Å². The molecule has 2 nitrogen and oxygen atoms in total. The maximum absolute atomic E-state index is 14.7. The highest BCUT2D eigenvalue weighted by molar-refractivity contribution is 6.28. The van der Waals surface area contributed by atoms with Gasteiger partial charge in [-0.3, -0.25) is 0 Å². The molecule has 0 spiro atoms. The SMILES string of the molecule is [2H]c1c([2H])c([2H])c(N(c2ccc(-c3oc4c5ccccc5c5ccccc5c4c3-c3ccccc3)cc2)c2ccc(-c3c(F)cc(F)cc3F)cc2)c([2H])c1[2H]. The van der Waals surface area contributed by atoms with Gasteiger partial charge in [0.25, 0.3) is 0 Å². The first-order valence-corrected chi connectivity index (χ1v) is 16.3. The molecule has 0 aliphatic heterocycles. The number of benzene rings is 8. The highest BCUT2D eigenvalue weighted by atomic mass is 19.1. The lowest BCUT2D eigenvalue weighted by molar-refractivity contribution is 0.548. The Balaban J connectivity index is 1.24. The summed E-state index contributed by atoms with van der Waals surface area (Å²) in [6, 6.07) is 38.2. The van der Waals surface area contributed by atoms with Crippen molar-refractivity contribution >= 4 is 49.6 Å². The Morgan fingerprint density at radius 1 is 0.471 bits per heavy atom. The Bertz CT molecular complexity index is 2950. The fourth-order valence-electron chi connectivity index (χ4n) is 6.93. The Morgan fingerprint density at radius 3 is 1.61 bits per heavy atom. The minimum Gasteiger partial charge on any atom is -0.455 e. The average Bonchev–Trinajstić information content (AvgIpc) is 3.63. The number of anilines is 3. The largest absolute Gasteiger partial charge is 0.455 e. The molecule has 0 saturated carbocycles.